The molecule has 0 unspecified atom stereocenters. The highest BCUT2D eigenvalue weighted by molar-refractivity contribution is 5.79. The van der Waals surface area contributed by atoms with E-state index in [1.165, 1.54) is 11.3 Å². The van der Waals surface area contributed by atoms with E-state index in [1.54, 1.807) is 6.21 Å². The van der Waals surface area contributed by atoms with Gasteiger partial charge in [0.25, 0.3) is 0 Å². The van der Waals surface area contributed by atoms with E-state index in [0.29, 0.717) is 6.61 Å². The van der Waals surface area contributed by atoms with Crippen LogP contribution >= 0.6 is 0 Å². The first-order chi connectivity index (χ1) is 10.7. The molecule has 0 radical (unpaired) electrons. The molecule has 2 rings (SSSR count). The third kappa shape index (κ3) is 4.62. The summed E-state index contributed by atoms with van der Waals surface area (Å²) in [6, 6.07) is 16.6. The monoisotopic (exact) mass is 296 g/mol. The van der Waals surface area contributed by atoms with E-state index in [2.05, 4.69) is 79.4 Å². The average Bonchev–Trinajstić information content (AvgIpc) is 2.56. The Morgan fingerprint density at radius 3 is 2.18 bits per heavy atom. The lowest BCUT2D eigenvalue weighted by Gasteiger charge is -2.20. The van der Waals surface area contributed by atoms with Gasteiger partial charge in [0.15, 0.2) is 0 Å². The number of rotatable bonds is 7. The molecule has 0 aliphatic carbocycles. The van der Waals surface area contributed by atoms with Crippen molar-refractivity contribution in [3.8, 4) is 0 Å². The molecule has 0 aliphatic rings. The van der Waals surface area contributed by atoms with Crippen LogP contribution in [0.2, 0.25) is 0 Å². The highest BCUT2D eigenvalue weighted by atomic mass is 16.6. The van der Waals surface area contributed by atoms with Crippen LogP contribution in [-0.4, -0.2) is 19.3 Å². The largest absolute Gasteiger partial charge is 0.391 e. The highest BCUT2D eigenvalue weighted by Gasteiger charge is 2.00. The molecule has 2 aromatic carbocycles. The quantitative estimate of drug-likeness (QED) is 0.559. The van der Waals surface area contributed by atoms with Gasteiger partial charge in [-0.05, 0) is 44.0 Å². The van der Waals surface area contributed by atoms with E-state index in [-0.39, 0.29) is 0 Å². The van der Waals surface area contributed by atoms with Gasteiger partial charge < -0.3 is 9.74 Å². The zero-order chi connectivity index (χ0) is 15.8. The molecule has 0 amide bonds. The molecule has 0 saturated carbocycles. The van der Waals surface area contributed by atoms with Gasteiger partial charge in [-0.15, -0.1) is 0 Å². The maximum atomic E-state index is 5.34. The summed E-state index contributed by atoms with van der Waals surface area (Å²) < 4.78 is 0. The number of nitrogens with zero attached hydrogens (tertiary/aromatic N) is 2. The summed E-state index contributed by atoms with van der Waals surface area (Å²) in [4.78, 5) is 7.66. The molecule has 22 heavy (non-hydrogen) atoms. The van der Waals surface area contributed by atoms with Gasteiger partial charge in [-0.1, -0.05) is 47.1 Å². The van der Waals surface area contributed by atoms with Gasteiger partial charge in [-0.3, -0.25) is 0 Å². The zero-order valence-electron chi connectivity index (χ0n) is 13.6. The molecule has 3 heteroatoms. The molecule has 0 fully saturated rings. The normalized spacial score (nSPS) is 10.9. The second-order valence-electron chi connectivity index (χ2n) is 5.26. The summed E-state index contributed by atoms with van der Waals surface area (Å²) in [7, 11) is 0. The molecule has 0 aromatic heterocycles. The average molecular weight is 296 g/mol. The van der Waals surface area contributed by atoms with Gasteiger partial charge in [0.05, 0.1) is 6.21 Å². The van der Waals surface area contributed by atoms with E-state index in [0.717, 1.165) is 24.2 Å². The second-order valence-corrected chi connectivity index (χ2v) is 5.26. The first kappa shape index (κ1) is 16.1. The van der Waals surface area contributed by atoms with Crippen LogP contribution in [0.1, 0.15) is 30.5 Å². The third-order valence-electron chi connectivity index (χ3n) is 3.65. The predicted octanol–water partition coefficient (Wildman–Crippen LogP) is 4.39. The highest BCUT2D eigenvalue weighted by Crippen LogP contribution is 2.14. The molecule has 2 aromatic rings. The number of hydrogen-bond acceptors (Lipinski definition) is 3. The second kappa shape index (κ2) is 8.23. The lowest BCUT2D eigenvalue weighted by molar-refractivity contribution is 0.132. The summed E-state index contributed by atoms with van der Waals surface area (Å²) in [6.07, 6.45) is 1.75. The van der Waals surface area contributed by atoms with Crippen molar-refractivity contribution >= 4 is 11.9 Å². The molecule has 0 atom stereocenters. The number of aryl methyl sites for hydroxylation is 1. The van der Waals surface area contributed by atoms with Gasteiger partial charge in [0, 0.05) is 18.8 Å². The fraction of sp³-hybridized carbons (Fsp3) is 0.316. The van der Waals surface area contributed by atoms with Crippen LogP contribution in [0.5, 0.6) is 0 Å². The molecule has 0 heterocycles. The number of oxime groups is 1. The van der Waals surface area contributed by atoms with E-state index < -0.39 is 0 Å². The van der Waals surface area contributed by atoms with Gasteiger partial charge in [0.2, 0.25) is 0 Å². The first-order valence-corrected chi connectivity index (χ1v) is 7.78. The molecular formula is C19H24N2O. The summed E-state index contributed by atoms with van der Waals surface area (Å²) in [5, 5.41) is 4.04. The smallest absolute Gasteiger partial charge is 0.142 e. The Morgan fingerprint density at radius 2 is 1.59 bits per heavy atom. The van der Waals surface area contributed by atoms with Crippen molar-refractivity contribution in [1.82, 2.24) is 0 Å². The molecule has 116 valence electrons. The van der Waals surface area contributed by atoms with E-state index >= 15 is 0 Å². The van der Waals surface area contributed by atoms with Gasteiger partial charge >= 0.3 is 0 Å². The van der Waals surface area contributed by atoms with Crippen LogP contribution in [0, 0.1) is 6.92 Å². The number of anilines is 1. The van der Waals surface area contributed by atoms with Gasteiger partial charge in [-0.2, -0.15) is 0 Å². The van der Waals surface area contributed by atoms with Crippen LogP contribution < -0.4 is 4.90 Å². The Balaban J connectivity index is 1.86. The van der Waals surface area contributed by atoms with Crippen molar-refractivity contribution in [2.75, 3.05) is 18.0 Å². The van der Waals surface area contributed by atoms with Crippen molar-refractivity contribution in [3.63, 3.8) is 0 Å². The molecule has 0 bridgehead atoms. The SMILES string of the molecule is CCN(CC)c1ccc(/C=N\OCc2ccc(C)cc2)cc1. The molecular weight excluding hydrogens is 272 g/mol. The van der Waals surface area contributed by atoms with Crippen LogP contribution in [0.4, 0.5) is 5.69 Å². The van der Waals surface area contributed by atoms with Gasteiger partial charge in [0.1, 0.15) is 6.61 Å². The zero-order valence-corrected chi connectivity index (χ0v) is 13.6. The third-order valence-corrected chi connectivity index (χ3v) is 3.65. The van der Waals surface area contributed by atoms with Crippen molar-refractivity contribution in [1.29, 1.82) is 0 Å². The Labute approximate surface area is 133 Å². The Hall–Kier alpha value is -2.29. The fourth-order valence-corrected chi connectivity index (χ4v) is 2.25. The minimum Gasteiger partial charge on any atom is -0.391 e. The van der Waals surface area contributed by atoms with Crippen LogP contribution in [0.15, 0.2) is 53.7 Å². The predicted molar refractivity (Wildman–Crippen MR) is 93.6 cm³/mol. The lowest BCUT2D eigenvalue weighted by atomic mass is 10.2. The number of benzene rings is 2. The van der Waals surface area contributed by atoms with Crippen LogP contribution in [0.3, 0.4) is 0 Å². The van der Waals surface area contributed by atoms with E-state index in [9.17, 15) is 0 Å². The first-order valence-electron chi connectivity index (χ1n) is 7.78. The minimum atomic E-state index is 0.494. The maximum absolute atomic E-state index is 5.34. The summed E-state index contributed by atoms with van der Waals surface area (Å²) >= 11 is 0. The molecule has 0 aliphatic heterocycles. The van der Waals surface area contributed by atoms with Crippen molar-refractivity contribution in [2.45, 2.75) is 27.4 Å². The Bertz CT molecular complexity index is 584. The van der Waals surface area contributed by atoms with Crippen LogP contribution in [0.25, 0.3) is 0 Å². The van der Waals surface area contributed by atoms with Gasteiger partial charge in [-0.25, -0.2) is 0 Å². The minimum absolute atomic E-state index is 0.494. The molecule has 0 N–H and O–H groups in total. The van der Waals surface area contributed by atoms with Crippen molar-refractivity contribution in [2.24, 2.45) is 5.16 Å². The van der Waals surface area contributed by atoms with Crippen molar-refractivity contribution in [3.05, 3.63) is 65.2 Å². The lowest BCUT2D eigenvalue weighted by Crippen LogP contribution is -2.21. The fourth-order valence-electron chi connectivity index (χ4n) is 2.25. The summed E-state index contributed by atoms with van der Waals surface area (Å²) in [6.45, 7) is 8.93. The molecule has 0 spiro atoms. The Kier molecular flexibility index (Phi) is 6.01. The number of hydrogen-bond donors (Lipinski definition) is 0. The standard InChI is InChI=1S/C19H24N2O/c1-4-21(5-2)19-12-10-17(11-13-19)14-20-22-15-18-8-6-16(3)7-9-18/h6-14H,4-5,15H2,1-3H3/b20-14-. The maximum Gasteiger partial charge on any atom is 0.142 e. The summed E-state index contributed by atoms with van der Waals surface area (Å²) in [5.74, 6) is 0. The van der Waals surface area contributed by atoms with E-state index in [1.807, 2.05) is 0 Å². The van der Waals surface area contributed by atoms with Crippen molar-refractivity contribution < 1.29 is 4.84 Å². The summed E-state index contributed by atoms with van der Waals surface area (Å²) in [5.41, 5.74) is 4.66. The topological polar surface area (TPSA) is 24.8 Å². The molecule has 0 saturated heterocycles. The van der Waals surface area contributed by atoms with Crippen LogP contribution in [-0.2, 0) is 11.4 Å². The Morgan fingerprint density at radius 1 is 0.955 bits per heavy atom. The van der Waals surface area contributed by atoms with E-state index in [4.69, 9.17) is 4.84 Å². The molecule has 3 nitrogen and oxygen atoms in total.